The summed E-state index contributed by atoms with van der Waals surface area (Å²) in [5.41, 5.74) is 2.33. The normalized spacial score (nSPS) is 10.6. The van der Waals surface area contributed by atoms with Gasteiger partial charge in [-0.2, -0.15) is 4.39 Å². The molecule has 0 aliphatic rings. The van der Waals surface area contributed by atoms with Gasteiger partial charge >= 0.3 is 6.09 Å². The number of benzene rings is 2. The Hall–Kier alpha value is -3.61. The number of ketones is 1. The number of ether oxygens (including phenoxy) is 1. The maximum absolute atomic E-state index is 14.5. The highest BCUT2D eigenvalue weighted by molar-refractivity contribution is 5.96. The highest BCUT2D eigenvalue weighted by Gasteiger charge is 2.16. The van der Waals surface area contributed by atoms with Crippen LogP contribution < -0.4 is 4.90 Å². The summed E-state index contributed by atoms with van der Waals surface area (Å²) in [5, 5.41) is 0. The van der Waals surface area contributed by atoms with Gasteiger partial charge in [0.2, 0.25) is 5.95 Å². The van der Waals surface area contributed by atoms with E-state index in [4.69, 9.17) is 4.74 Å². The Kier molecular flexibility index (Phi) is 7.07. The third-order valence-electron chi connectivity index (χ3n) is 4.85. The molecule has 0 aliphatic heterocycles. The molecule has 31 heavy (non-hydrogen) atoms. The second kappa shape index (κ2) is 9.93. The van der Waals surface area contributed by atoms with Gasteiger partial charge in [0.15, 0.2) is 5.78 Å². The van der Waals surface area contributed by atoms with Crippen LogP contribution in [0.4, 0.5) is 19.3 Å². The first kappa shape index (κ1) is 22.1. The first-order valence-corrected chi connectivity index (χ1v) is 9.83. The van der Waals surface area contributed by atoms with E-state index < -0.39 is 17.9 Å². The molecular formula is C24H22F2N2O3. The molecule has 7 heteroatoms. The zero-order chi connectivity index (χ0) is 22.4. The van der Waals surface area contributed by atoms with E-state index in [0.717, 1.165) is 10.5 Å². The average molecular weight is 424 g/mol. The van der Waals surface area contributed by atoms with Gasteiger partial charge in [-0.15, -0.1) is 0 Å². The van der Waals surface area contributed by atoms with Crippen LogP contribution in [-0.2, 0) is 11.2 Å². The predicted molar refractivity (Wildman–Crippen MR) is 114 cm³/mol. The smallest absolute Gasteiger partial charge is 0.414 e. The van der Waals surface area contributed by atoms with Crippen molar-refractivity contribution in [1.82, 2.24) is 4.98 Å². The van der Waals surface area contributed by atoms with Crippen LogP contribution in [0.3, 0.4) is 0 Å². The lowest BCUT2D eigenvalue weighted by atomic mass is 9.99. The topological polar surface area (TPSA) is 59.5 Å². The number of rotatable bonds is 7. The number of hydrogen-bond donors (Lipinski definition) is 0. The van der Waals surface area contributed by atoms with Crippen molar-refractivity contribution in [1.29, 1.82) is 0 Å². The minimum Gasteiger partial charge on any atom is -0.449 e. The maximum Gasteiger partial charge on any atom is 0.414 e. The van der Waals surface area contributed by atoms with Crippen molar-refractivity contribution in [2.75, 3.05) is 18.6 Å². The average Bonchev–Trinajstić information content (AvgIpc) is 2.78. The number of hydrogen-bond acceptors (Lipinski definition) is 4. The van der Waals surface area contributed by atoms with Crippen LogP contribution in [0.2, 0.25) is 0 Å². The van der Waals surface area contributed by atoms with Crippen LogP contribution >= 0.6 is 0 Å². The standard InChI is InChI=1S/C24H22F2N2O3/c1-3-31-24(30)28(2)21-12-10-19(15-20(21)25)16-6-8-17(9-7-16)22(29)13-11-18-5-4-14-27-23(18)26/h4-10,12,14-15H,3,11,13H2,1-2H3. The van der Waals surface area contributed by atoms with Gasteiger partial charge in [-0.25, -0.2) is 14.2 Å². The molecule has 0 radical (unpaired) electrons. The summed E-state index contributed by atoms with van der Waals surface area (Å²) in [7, 11) is 1.44. The molecular weight excluding hydrogens is 402 g/mol. The van der Waals surface area contributed by atoms with Crippen LogP contribution in [-0.4, -0.2) is 30.5 Å². The van der Waals surface area contributed by atoms with Gasteiger partial charge in [-0.05, 0) is 42.7 Å². The Morgan fingerprint density at radius 3 is 2.39 bits per heavy atom. The van der Waals surface area contributed by atoms with Gasteiger partial charge in [0.1, 0.15) is 5.82 Å². The summed E-state index contributed by atoms with van der Waals surface area (Å²) in [6, 6.07) is 14.5. The highest BCUT2D eigenvalue weighted by atomic mass is 19.1. The predicted octanol–water partition coefficient (Wildman–Crippen LogP) is 5.44. The van der Waals surface area contributed by atoms with Crippen molar-refractivity contribution >= 4 is 17.6 Å². The molecule has 0 aliphatic carbocycles. The summed E-state index contributed by atoms with van der Waals surface area (Å²) in [4.78, 5) is 28.9. The van der Waals surface area contributed by atoms with Gasteiger partial charge in [0.25, 0.3) is 0 Å². The number of nitrogens with zero attached hydrogens (tertiary/aromatic N) is 2. The van der Waals surface area contributed by atoms with Crippen molar-refractivity contribution in [2.45, 2.75) is 19.8 Å². The Labute approximate surface area is 179 Å². The number of pyridine rings is 1. The number of amides is 1. The molecule has 5 nitrogen and oxygen atoms in total. The van der Waals surface area contributed by atoms with Crippen molar-refractivity contribution in [3.8, 4) is 11.1 Å². The number of aryl methyl sites for hydroxylation is 1. The monoisotopic (exact) mass is 424 g/mol. The molecule has 0 atom stereocenters. The largest absolute Gasteiger partial charge is 0.449 e. The fraction of sp³-hybridized carbons (Fsp3) is 0.208. The number of halogens is 2. The highest BCUT2D eigenvalue weighted by Crippen LogP contribution is 2.27. The van der Waals surface area contributed by atoms with E-state index >= 15 is 0 Å². The first-order valence-electron chi connectivity index (χ1n) is 9.83. The number of carbonyl (C=O) groups excluding carboxylic acids is 2. The van der Waals surface area contributed by atoms with Crippen molar-refractivity contribution in [3.63, 3.8) is 0 Å². The number of carbonyl (C=O) groups is 2. The minimum atomic E-state index is -0.636. The lowest BCUT2D eigenvalue weighted by Gasteiger charge is -2.17. The first-order chi connectivity index (χ1) is 14.9. The summed E-state index contributed by atoms with van der Waals surface area (Å²) >= 11 is 0. The SMILES string of the molecule is CCOC(=O)N(C)c1ccc(-c2ccc(C(=O)CCc3cccnc3F)cc2)cc1F. The van der Waals surface area contributed by atoms with Gasteiger partial charge in [0.05, 0.1) is 12.3 Å². The molecule has 1 amide bonds. The van der Waals surface area contributed by atoms with E-state index in [1.807, 2.05) is 0 Å². The fourth-order valence-corrected chi connectivity index (χ4v) is 3.12. The Balaban J connectivity index is 1.69. The second-order valence-electron chi connectivity index (χ2n) is 6.88. The molecule has 0 saturated heterocycles. The van der Waals surface area contributed by atoms with E-state index in [2.05, 4.69) is 4.98 Å². The lowest BCUT2D eigenvalue weighted by Crippen LogP contribution is -2.27. The second-order valence-corrected chi connectivity index (χ2v) is 6.88. The Morgan fingerprint density at radius 1 is 1.03 bits per heavy atom. The molecule has 3 aromatic rings. The van der Waals surface area contributed by atoms with E-state index in [1.54, 1.807) is 49.4 Å². The molecule has 3 rings (SSSR count). The van der Waals surface area contributed by atoms with Gasteiger partial charge < -0.3 is 4.74 Å². The lowest BCUT2D eigenvalue weighted by molar-refractivity contribution is 0.0982. The van der Waals surface area contributed by atoms with E-state index in [1.165, 1.54) is 25.4 Å². The molecule has 0 fully saturated rings. The molecule has 2 aromatic carbocycles. The summed E-state index contributed by atoms with van der Waals surface area (Å²) in [6.07, 6.45) is 1.15. The summed E-state index contributed by atoms with van der Waals surface area (Å²) in [6.45, 7) is 1.88. The molecule has 0 bridgehead atoms. The fourth-order valence-electron chi connectivity index (χ4n) is 3.12. The van der Waals surface area contributed by atoms with Crippen molar-refractivity contribution in [2.24, 2.45) is 0 Å². The molecule has 0 saturated carbocycles. The Morgan fingerprint density at radius 2 is 1.74 bits per heavy atom. The zero-order valence-corrected chi connectivity index (χ0v) is 17.3. The summed E-state index contributed by atoms with van der Waals surface area (Å²) < 4.78 is 33.0. The van der Waals surface area contributed by atoms with Crippen LogP contribution in [0.5, 0.6) is 0 Å². The van der Waals surface area contributed by atoms with Crippen LogP contribution in [0.25, 0.3) is 11.1 Å². The van der Waals surface area contributed by atoms with Crippen LogP contribution in [0, 0.1) is 11.8 Å². The molecule has 0 unspecified atom stereocenters. The van der Waals surface area contributed by atoms with E-state index in [-0.39, 0.29) is 30.9 Å². The van der Waals surface area contributed by atoms with E-state index in [0.29, 0.717) is 16.7 Å². The summed E-state index contributed by atoms with van der Waals surface area (Å²) in [5.74, 6) is -1.25. The third-order valence-corrected chi connectivity index (χ3v) is 4.85. The molecule has 0 spiro atoms. The number of aromatic nitrogens is 1. The zero-order valence-electron chi connectivity index (χ0n) is 17.3. The third kappa shape index (κ3) is 5.31. The maximum atomic E-state index is 14.5. The minimum absolute atomic E-state index is 0.108. The quantitative estimate of drug-likeness (QED) is 0.375. The molecule has 160 valence electrons. The van der Waals surface area contributed by atoms with Gasteiger partial charge in [-0.1, -0.05) is 36.4 Å². The van der Waals surface area contributed by atoms with Gasteiger partial charge in [0, 0.05) is 30.8 Å². The van der Waals surface area contributed by atoms with Crippen molar-refractivity contribution < 1.29 is 23.1 Å². The van der Waals surface area contributed by atoms with Crippen LogP contribution in [0.1, 0.15) is 29.3 Å². The van der Waals surface area contributed by atoms with E-state index in [9.17, 15) is 18.4 Å². The van der Waals surface area contributed by atoms with Crippen LogP contribution in [0.15, 0.2) is 60.8 Å². The number of Topliss-reactive ketones (excluding diaryl/α,β-unsaturated/α-hetero) is 1. The van der Waals surface area contributed by atoms with Crippen molar-refractivity contribution in [3.05, 3.63) is 83.7 Å². The number of anilines is 1. The molecule has 1 heterocycles. The molecule has 1 aromatic heterocycles. The molecule has 0 N–H and O–H groups in total. The van der Waals surface area contributed by atoms with Gasteiger partial charge in [-0.3, -0.25) is 9.69 Å². The Bertz CT molecular complexity index is 1080.